The second-order valence-electron chi connectivity index (χ2n) is 5.82. The molecule has 4 nitrogen and oxygen atoms in total. The molecule has 3 aromatic rings. The summed E-state index contributed by atoms with van der Waals surface area (Å²) < 4.78 is 14.8. The molecule has 126 valence electrons. The van der Waals surface area contributed by atoms with E-state index in [0.29, 0.717) is 17.3 Å². The van der Waals surface area contributed by atoms with E-state index in [9.17, 15) is 4.39 Å². The largest absolute Gasteiger partial charge is 0.380 e. The molecule has 3 heterocycles. The van der Waals surface area contributed by atoms with E-state index in [4.69, 9.17) is 17.3 Å². The minimum absolute atomic E-state index is 0.0783. The van der Waals surface area contributed by atoms with E-state index in [-0.39, 0.29) is 11.9 Å². The molecule has 3 rings (SSSR count). The van der Waals surface area contributed by atoms with Crippen LogP contribution in [-0.4, -0.2) is 16.0 Å². The van der Waals surface area contributed by atoms with Crippen LogP contribution in [0.2, 0.25) is 5.15 Å². The number of thiophene rings is 1. The number of hydrogen-bond donors (Lipinski definition) is 2. The van der Waals surface area contributed by atoms with Crippen LogP contribution in [0.3, 0.4) is 0 Å². The maximum atomic E-state index is 13.7. The number of aromatic nitrogens is 2. The van der Waals surface area contributed by atoms with E-state index in [1.54, 1.807) is 29.7 Å². The van der Waals surface area contributed by atoms with Crippen molar-refractivity contribution >= 4 is 38.8 Å². The van der Waals surface area contributed by atoms with Crippen LogP contribution >= 0.6 is 22.9 Å². The zero-order valence-electron chi connectivity index (χ0n) is 13.4. The smallest absolute Gasteiger partial charge is 0.146 e. The first-order chi connectivity index (χ1) is 11.5. The Morgan fingerprint density at radius 2 is 2.25 bits per heavy atom. The van der Waals surface area contributed by atoms with E-state index in [1.807, 2.05) is 13.8 Å². The highest BCUT2D eigenvalue weighted by Crippen LogP contribution is 2.37. The lowest BCUT2D eigenvalue weighted by Crippen LogP contribution is -2.17. The number of nitrogens with one attached hydrogen (secondary N) is 1. The number of fused-ring (bicyclic) bond motifs is 1. The Kier molecular flexibility index (Phi) is 4.99. The van der Waals surface area contributed by atoms with E-state index < -0.39 is 0 Å². The first kappa shape index (κ1) is 17.1. The molecule has 0 saturated carbocycles. The number of anilines is 1. The number of aryl methyl sites for hydroxylation is 1. The van der Waals surface area contributed by atoms with Crippen molar-refractivity contribution in [3.63, 3.8) is 0 Å². The van der Waals surface area contributed by atoms with Gasteiger partial charge >= 0.3 is 0 Å². The summed E-state index contributed by atoms with van der Waals surface area (Å²) in [6, 6.07) is 3.51. The van der Waals surface area contributed by atoms with Gasteiger partial charge in [-0.2, -0.15) is 0 Å². The highest BCUT2D eigenvalue weighted by Gasteiger charge is 2.15. The van der Waals surface area contributed by atoms with Gasteiger partial charge in [0.15, 0.2) is 0 Å². The molecule has 3 N–H and O–H groups in total. The summed E-state index contributed by atoms with van der Waals surface area (Å²) >= 11 is 7.83. The summed E-state index contributed by atoms with van der Waals surface area (Å²) in [7, 11) is 0. The Hall–Kier alpha value is -1.76. The summed E-state index contributed by atoms with van der Waals surface area (Å²) in [5.41, 5.74) is 9.31. The van der Waals surface area contributed by atoms with E-state index in [1.165, 1.54) is 11.1 Å². The van der Waals surface area contributed by atoms with Gasteiger partial charge in [0.25, 0.3) is 0 Å². The third-order valence-electron chi connectivity index (χ3n) is 3.77. The van der Waals surface area contributed by atoms with Crippen molar-refractivity contribution in [3.05, 3.63) is 51.5 Å². The Labute approximate surface area is 148 Å². The molecule has 0 aliphatic heterocycles. The van der Waals surface area contributed by atoms with Crippen LogP contribution in [0.15, 0.2) is 24.5 Å². The lowest BCUT2D eigenvalue weighted by atomic mass is 10.1. The standard InChI is InChI=1S/C17H18ClFN4S/c1-9(20)5-14-10(2)16-17(24-14)13(6-15(18)23-16)22-7-11-3-4-21-8-12(11)19/h3-4,6,8-9H,5,7,20H2,1-2H3,(H,22,23)/t9-/m0/s1. The molecule has 0 saturated heterocycles. The van der Waals surface area contributed by atoms with Crippen molar-refractivity contribution in [2.75, 3.05) is 5.32 Å². The van der Waals surface area contributed by atoms with Gasteiger partial charge in [-0.05, 0) is 31.9 Å². The van der Waals surface area contributed by atoms with Crippen LogP contribution < -0.4 is 11.1 Å². The predicted octanol–water partition coefficient (Wildman–Crippen LogP) is 4.29. The van der Waals surface area contributed by atoms with E-state index >= 15 is 0 Å². The van der Waals surface area contributed by atoms with Crippen LogP contribution in [0, 0.1) is 12.7 Å². The lowest BCUT2D eigenvalue weighted by Gasteiger charge is -2.08. The topological polar surface area (TPSA) is 63.8 Å². The number of halogens is 2. The second kappa shape index (κ2) is 7.01. The van der Waals surface area contributed by atoms with Gasteiger partial charge in [-0.15, -0.1) is 11.3 Å². The van der Waals surface area contributed by atoms with Crippen LogP contribution in [0.25, 0.3) is 10.2 Å². The maximum Gasteiger partial charge on any atom is 0.146 e. The lowest BCUT2D eigenvalue weighted by molar-refractivity contribution is 0.606. The zero-order valence-corrected chi connectivity index (χ0v) is 15.0. The fourth-order valence-corrected chi connectivity index (χ4v) is 4.12. The maximum absolute atomic E-state index is 13.7. The van der Waals surface area contributed by atoms with Gasteiger partial charge in [-0.1, -0.05) is 11.6 Å². The van der Waals surface area contributed by atoms with Gasteiger partial charge in [-0.3, -0.25) is 4.98 Å². The van der Waals surface area contributed by atoms with Gasteiger partial charge in [0.05, 0.1) is 22.1 Å². The second-order valence-corrected chi connectivity index (χ2v) is 7.31. The van der Waals surface area contributed by atoms with Crippen molar-refractivity contribution in [2.45, 2.75) is 32.9 Å². The molecule has 0 aliphatic carbocycles. The average Bonchev–Trinajstić information content (AvgIpc) is 2.82. The molecule has 0 amide bonds. The van der Waals surface area contributed by atoms with Crippen molar-refractivity contribution in [3.8, 4) is 0 Å². The molecular formula is C17H18ClFN4S. The van der Waals surface area contributed by atoms with Crippen molar-refractivity contribution in [1.29, 1.82) is 0 Å². The molecule has 0 spiro atoms. The zero-order chi connectivity index (χ0) is 17.3. The Morgan fingerprint density at radius 3 is 2.96 bits per heavy atom. The van der Waals surface area contributed by atoms with Crippen LogP contribution in [0.4, 0.5) is 10.1 Å². The molecule has 7 heteroatoms. The third kappa shape index (κ3) is 3.50. The highest BCUT2D eigenvalue weighted by atomic mass is 35.5. The quantitative estimate of drug-likeness (QED) is 0.663. The molecule has 24 heavy (non-hydrogen) atoms. The molecule has 0 bridgehead atoms. The number of hydrogen-bond acceptors (Lipinski definition) is 5. The SMILES string of the molecule is Cc1c(C[C@H](C)N)sc2c(NCc3ccncc3F)cc(Cl)nc12. The molecule has 0 unspecified atom stereocenters. The van der Waals surface area contributed by atoms with Crippen LogP contribution in [-0.2, 0) is 13.0 Å². The Bertz CT molecular complexity index is 878. The molecule has 1 atom stereocenters. The highest BCUT2D eigenvalue weighted by molar-refractivity contribution is 7.19. The number of nitrogens with zero attached hydrogens (tertiary/aromatic N) is 2. The van der Waals surface area contributed by atoms with Gasteiger partial charge in [0.1, 0.15) is 11.0 Å². The summed E-state index contributed by atoms with van der Waals surface area (Å²) in [4.78, 5) is 9.41. The van der Waals surface area contributed by atoms with Crippen molar-refractivity contribution in [2.24, 2.45) is 5.73 Å². The summed E-state index contributed by atoms with van der Waals surface area (Å²) in [5.74, 6) is -0.332. The third-order valence-corrected chi connectivity index (χ3v) is 5.30. The first-order valence-electron chi connectivity index (χ1n) is 7.62. The minimum Gasteiger partial charge on any atom is -0.380 e. The first-order valence-corrected chi connectivity index (χ1v) is 8.81. The van der Waals surface area contributed by atoms with Gasteiger partial charge in [0, 0.05) is 35.3 Å². The molecular weight excluding hydrogens is 347 g/mol. The average molecular weight is 365 g/mol. The van der Waals surface area contributed by atoms with Crippen LogP contribution in [0.5, 0.6) is 0 Å². The monoisotopic (exact) mass is 364 g/mol. The summed E-state index contributed by atoms with van der Waals surface area (Å²) in [6.07, 6.45) is 3.58. The number of rotatable bonds is 5. The molecule has 0 radical (unpaired) electrons. The molecule has 3 aromatic heterocycles. The molecule has 0 aromatic carbocycles. The van der Waals surface area contributed by atoms with Gasteiger partial charge < -0.3 is 11.1 Å². The molecule has 0 fully saturated rings. The summed E-state index contributed by atoms with van der Waals surface area (Å²) in [5, 5.41) is 3.68. The minimum atomic E-state index is -0.332. The predicted molar refractivity (Wildman–Crippen MR) is 98.2 cm³/mol. The number of pyridine rings is 2. The van der Waals surface area contributed by atoms with Gasteiger partial charge in [0.2, 0.25) is 0 Å². The fourth-order valence-electron chi connectivity index (χ4n) is 2.55. The van der Waals surface area contributed by atoms with E-state index in [2.05, 4.69) is 15.3 Å². The normalized spacial score (nSPS) is 12.5. The Morgan fingerprint density at radius 1 is 1.46 bits per heavy atom. The van der Waals surface area contributed by atoms with Crippen LogP contribution in [0.1, 0.15) is 22.9 Å². The fraction of sp³-hybridized carbons (Fsp3) is 0.294. The van der Waals surface area contributed by atoms with Gasteiger partial charge in [-0.25, -0.2) is 9.37 Å². The molecule has 0 aliphatic rings. The Balaban J connectivity index is 1.96. The van der Waals surface area contributed by atoms with E-state index in [0.717, 1.165) is 27.9 Å². The van der Waals surface area contributed by atoms with Crippen molar-refractivity contribution < 1.29 is 4.39 Å². The van der Waals surface area contributed by atoms with Crippen molar-refractivity contribution in [1.82, 2.24) is 9.97 Å². The number of nitrogens with two attached hydrogens (primary N) is 1. The summed E-state index contributed by atoms with van der Waals surface area (Å²) in [6.45, 7) is 4.37.